The average molecular weight is 275 g/mol. The number of anilines is 1. The molecule has 0 amide bonds. The van der Waals surface area contributed by atoms with Crippen LogP contribution < -0.4 is 10.2 Å². The van der Waals surface area contributed by atoms with E-state index in [1.807, 2.05) is 13.2 Å². The molecule has 3 rings (SSSR count). The van der Waals surface area contributed by atoms with Gasteiger partial charge in [0.15, 0.2) is 0 Å². The summed E-state index contributed by atoms with van der Waals surface area (Å²) in [4.78, 5) is 7.08. The van der Waals surface area contributed by atoms with Crippen molar-refractivity contribution >= 4 is 5.82 Å². The third kappa shape index (κ3) is 2.67. The highest BCUT2D eigenvalue weighted by Crippen LogP contribution is 2.31. The summed E-state index contributed by atoms with van der Waals surface area (Å²) in [6, 6.07) is 5.21. The quantitative estimate of drug-likeness (QED) is 0.920. The van der Waals surface area contributed by atoms with Gasteiger partial charge >= 0.3 is 0 Å². The molecule has 1 N–H and O–H groups in total. The van der Waals surface area contributed by atoms with Gasteiger partial charge in [0.1, 0.15) is 5.82 Å². The molecule has 4 heteroatoms. The Bertz CT molecular complexity index is 449. The standard InChI is InChI=1S/C16H25N3O/c1-12(17-2)13-7-8-18-16(11-13)19-9-10-20-15-6-4-3-5-14(15)19/h7-8,11-12,14-15,17H,3-6,9-10H2,1-2H3. The fourth-order valence-electron chi connectivity index (χ4n) is 3.41. The SMILES string of the molecule is CNC(C)c1ccnc(N2CCOC3CCCCC32)c1. The number of pyridine rings is 1. The number of hydrogen-bond donors (Lipinski definition) is 1. The van der Waals surface area contributed by atoms with E-state index in [4.69, 9.17) is 4.74 Å². The summed E-state index contributed by atoms with van der Waals surface area (Å²) in [5.41, 5.74) is 1.30. The molecule has 1 aliphatic heterocycles. The van der Waals surface area contributed by atoms with Crippen molar-refractivity contribution < 1.29 is 4.74 Å². The number of ether oxygens (including phenoxy) is 1. The zero-order valence-corrected chi connectivity index (χ0v) is 12.5. The molecule has 4 nitrogen and oxygen atoms in total. The van der Waals surface area contributed by atoms with E-state index in [0.29, 0.717) is 18.2 Å². The predicted octanol–water partition coefficient (Wildman–Crippen LogP) is 2.51. The molecule has 1 saturated carbocycles. The van der Waals surface area contributed by atoms with Crippen molar-refractivity contribution in [2.45, 2.75) is 50.8 Å². The van der Waals surface area contributed by atoms with Crippen molar-refractivity contribution in [3.63, 3.8) is 0 Å². The van der Waals surface area contributed by atoms with Crippen molar-refractivity contribution in [1.82, 2.24) is 10.3 Å². The van der Waals surface area contributed by atoms with E-state index in [0.717, 1.165) is 19.0 Å². The summed E-state index contributed by atoms with van der Waals surface area (Å²) in [6.07, 6.45) is 7.40. The number of nitrogens with zero attached hydrogens (tertiary/aromatic N) is 2. The Labute approximate surface area is 121 Å². The summed E-state index contributed by atoms with van der Waals surface area (Å²) in [5, 5.41) is 3.30. The van der Waals surface area contributed by atoms with Gasteiger partial charge in [0.05, 0.1) is 18.8 Å². The number of hydrogen-bond acceptors (Lipinski definition) is 4. The molecule has 0 aromatic carbocycles. The van der Waals surface area contributed by atoms with E-state index in [1.54, 1.807) is 0 Å². The third-order valence-corrected chi connectivity index (χ3v) is 4.73. The Hall–Kier alpha value is -1.13. The molecule has 0 radical (unpaired) electrons. The van der Waals surface area contributed by atoms with Crippen molar-refractivity contribution in [2.24, 2.45) is 0 Å². The molecule has 20 heavy (non-hydrogen) atoms. The molecule has 1 aromatic rings. The Kier molecular flexibility index (Phi) is 4.22. The first-order valence-corrected chi connectivity index (χ1v) is 7.81. The van der Waals surface area contributed by atoms with E-state index < -0.39 is 0 Å². The van der Waals surface area contributed by atoms with E-state index in [-0.39, 0.29) is 0 Å². The van der Waals surface area contributed by atoms with Crippen molar-refractivity contribution in [1.29, 1.82) is 0 Å². The Morgan fingerprint density at radius 1 is 1.40 bits per heavy atom. The molecule has 3 unspecified atom stereocenters. The summed E-state index contributed by atoms with van der Waals surface area (Å²) in [7, 11) is 2.00. The van der Waals surface area contributed by atoms with Crippen LogP contribution in [0, 0.1) is 0 Å². The topological polar surface area (TPSA) is 37.4 Å². The normalized spacial score (nSPS) is 28.0. The van der Waals surface area contributed by atoms with Crippen molar-refractivity contribution in [2.75, 3.05) is 25.1 Å². The van der Waals surface area contributed by atoms with Gasteiger partial charge in [-0.3, -0.25) is 0 Å². The fourth-order valence-corrected chi connectivity index (χ4v) is 3.41. The van der Waals surface area contributed by atoms with E-state index in [9.17, 15) is 0 Å². The van der Waals surface area contributed by atoms with Crippen LogP contribution >= 0.6 is 0 Å². The molecule has 2 fully saturated rings. The maximum Gasteiger partial charge on any atom is 0.129 e. The van der Waals surface area contributed by atoms with Crippen LogP contribution in [0.1, 0.15) is 44.2 Å². The lowest BCUT2D eigenvalue weighted by atomic mass is 9.90. The van der Waals surface area contributed by atoms with E-state index >= 15 is 0 Å². The highest BCUT2D eigenvalue weighted by Gasteiger charge is 2.34. The lowest BCUT2D eigenvalue weighted by Crippen LogP contribution is -2.53. The van der Waals surface area contributed by atoms with Gasteiger partial charge < -0.3 is 15.0 Å². The molecule has 1 saturated heterocycles. The number of fused-ring (bicyclic) bond motifs is 1. The Morgan fingerprint density at radius 2 is 2.25 bits per heavy atom. The van der Waals surface area contributed by atoms with Crippen LogP contribution in [0.2, 0.25) is 0 Å². The number of morpholine rings is 1. The smallest absolute Gasteiger partial charge is 0.129 e. The second-order valence-electron chi connectivity index (χ2n) is 5.91. The molecular weight excluding hydrogens is 250 g/mol. The van der Waals surface area contributed by atoms with Gasteiger partial charge in [0.2, 0.25) is 0 Å². The summed E-state index contributed by atoms with van der Waals surface area (Å²) < 4.78 is 5.95. The van der Waals surface area contributed by atoms with Gasteiger partial charge in [0.25, 0.3) is 0 Å². The van der Waals surface area contributed by atoms with Gasteiger partial charge in [-0.25, -0.2) is 4.98 Å². The van der Waals surface area contributed by atoms with Gasteiger partial charge in [-0.2, -0.15) is 0 Å². The molecular formula is C16H25N3O. The fraction of sp³-hybridized carbons (Fsp3) is 0.688. The number of rotatable bonds is 3. The first kappa shape index (κ1) is 13.8. The molecule has 2 aliphatic rings. The lowest BCUT2D eigenvalue weighted by molar-refractivity contribution is -0.00899. The van der Waals surface area contributed by atoms with E-state index in [1.165, 1.54) is 31.2 Å². The van der Waals surface area contributed by atoms with Crippen LogP contribution in [0.5, 0.6) is 0 Å². The average Bonchev–Trinajstić information content (AvgIpc) is 2.53. The first-order valence-electron chi connectivity index (χ1n) is 7.81. The van der Waals surface area contributed by atoms with Crippen molar-refractivity contribution in [3.05, 3.63) is 23.9 Å². The molecule has 0 spiro atoms. The van der Waals surface area contributed by atoms with Gasteiger partial charge in [-0.05, 0) is 44.5 Å². The van der Waals surface area contributed by atoms with Crippen LogP contribution in [-0.2, 0) is 4.74 Å². The summed E-state index contributed by atoms with van der Waals surface area (Å²) in [6.45, 7) is 3.97. The number of aromatic nitrogens is 1. The Balaban J connectivity index is 1.83. The monoisotopic (exact) mass is 275 g/mol. The maximum absolute atomic E-state index is 5.95. The zero-order valence-electron chi connectivity index (χ0n) is 12.5. The minimum atomic E-state index is 0.361. The van der Waals surface area contributed by atoms with Crippen LogP contribution in [0.3, 0.4) is 0 Å². The first-order chi connectivity index (χ1) is 9.79. The molecule has 0 bridgehead atoms. The predicted molar refractivity (Wildman–Crippen MR) is 81.1 cm³/mol. The molecule has 3 atom stereocenters. The van der Waals surface area contributed by atoms with Crippen LogP contribution in [0.15, 0.2) is 18.3 Å². The minimum Gasteiger partial charge on any atom is -0.374 e. The number of nitrogens with one attached hydrogen (secondary N) is 1. The summed E-state index contributed by atoms with van der Waals surface area (Å²) in [5.74, 6) is 1.12. The van der Waals surface area contributed by atoms with Gasteiger partial charge in [-0.15, -0.1) is 0 Å². The van der Waals surface area contributed by atoms with Crippen LogP contribution in [-0.4, -0.2) is 37.3 Å². The van der Waals surface area contributed by atoms with Gasteiger partial charge in [0, 0.05) is 18.8 Å². The molecule has 110 valence electrons. The zero-order chi connectivity index (χ0) is 13.9. The maximum atomic E-state index is 5.95. The molecule has 2 heterocycles. The Morgan fingerprint density at radius 3 is 3.10 bits per heavy atom. The second-order valence-corrected chi connectivity index (χ2v) is 5.91. The lowest BCUT2D eigenvalue weighted by Gasteiger charge is -2.44. The highest BCUT2D eigenvalue weighted by molar-refractivity contribution is 5.44. The largest absolute Gasteiger partial charge is 0.374 e. The molecule has 1 aliphatic carbocycles. The third-order valence-electron chi connectivity index (χ3n) is 4.73. The van der Waals surface area contributed by atoms with Gasteiger partial charge in [-0.1, -0.05) is 12.8 Å². The molecule has 1 aromatic heterocycles. The van der Waals surface area contributed by atoms with Crippen molar-refractivity contribution in [3.8, 4) is 0 Å². The van der Waals surface area contributed by atoms with E-state index in [2.05, 4.69) is 34.3 Å². The summed E-state index contributed by atoms with van der Waals surface area (Å²) >= 11 is 0. The van der Waals surface area contributed by atoms with Crippen LogP contribution in [0.4, 0.5) is 5.82 Å². The van der Waals surface area contributed by atoms with Crippen LogP contribution in [0.25, 0.3) is 0 Å². The second kappa shape index (κ2) is 6.10. The highest BCUT2D eigenvalue weighted by atomic mass is 16.5. The minimum absolute atomic E-state index is 0.361.